The lowest BCUT2D eigenvalue weighted by Crippen LogP contribution is -2.38. The summed E-state index contributed by atoms with van der Waals surface area (Å²) in [6.45, 7) is 2.47. The van der Waals surface area contributed by atoms with Crippen LogP contribution in [0.3, 0.4) is 0 Å². The molecule has 1 aromatic heterocycles. The first-order chi connectivity index (χ1) is 8.22. The molecular weight excluding hydrogens is 286 g/mol. The van der Waals surface area contributed by atoms with E-state index in [1.165, 1.54) is 0 Å². The first-order valence-corrected chi connectivity index (χ1v) is 6.77. The first-order valence-electron chi connectivity index (χ1n) is 5.65. The molecule has 0 aliphatic heterocycles. The average Bonchev–Trinajstić information content (AvgIpc) is 2.77. The van der Waals surface area contributed by atoms with Crippen LogP contribution >= 0.6 is 15.9 Å². The van der Waals surface area contributed by atoms with Crippen LogP contribution in [0, 0.1) is 0 Å². The van der Waals surface area contributed by atoms with E-state index in [9.17, 15) is 4.79 Å². The van der Waals surface area contributed by atoms with Crippen LogP contribution in [0.15, 0.2) is 16.7 Å². The number of alkyl halides is 1. The van der Waals surface area contributed by atoms with Crippen LogP contribution in [-0.4, -0.2) is 31.0 Å². The fraction of sp³-hybridized carbons (Fsp3) is 0.583. The van der Waals surface area contributed by atoms with Gasteiger partial charge in [0.2, 0.25) is 0 Å². The molecule has 0 fully saturated rings. The number of halogens is 1. The normalized spacial score (nSPS) is 12.4. The highest BCUT2D eigenvalue weighted by Crippen LogP contribution is 2.11. The molecule has 1 aromatic rings. The third kappa shape index (κ3) is 4.16. The number of rotatable bonds is 7. The second kappa shape index (κ2) is 7.50. The molecule has 0 aliphatic rings. The van der Waals surface area contributed by atoms with E-state index >= 15 is 0 Å². The molecule has 1 unspecified atom stereocenters. The number of nitrogens with one attached hydrogen (secondary N) is 1. The topological polar surface area (TPSA) is 51.5 Å². The maximum absolute atomic E-state index is 12.0. The molecule has 0 bridgehead atoms. The average molecular weight is 304 g/mol. The number of amides is 1. The van der Waals surface area contributed by atoms with E-state index in [-0.39, 0.29) is 11.9 Å². The van der Waals surface area contributed by atoms with Gasteiger partial charge in [-0.15, -0.1) is 0 Å². The predicted molar refractivity (Wildman–Crippen MR) is 69.6 cm³/mol. The van der Waals surface area contributed by atoms with E-state index < -0.39 is 0 Å². The van der Waals surface area contributed by atoms with Crippen LogP contribution in [0.25, 0.3) is 0 Å². The number of hydrogen-bond acceptors (Lipinski definition) is 3. The predicted octanol–water partition coefficient (Wildman–Crippen LogP) is 2.37. The molecule has 4 nitrogen and oxygen atoms in total. The second-order valence-electron chi connectivity index (χ2n) is 3.71. The van der Waals surface area contributed by atoms with Gasteiger partial charge in [0.25, 0.3) is 5.91 Å². The van der Waals surface area contributed by atoms with Gasteiger partial charge in [-0.1, -0.05) is 22.9 Å². The molecule has 0 spiro atoms. The van der Waals surface area contributed by atoms with Gasteiger partial charge in [-0.25, -0.2) is 0 Å². The highest BCUT2D eigenvalue weighted by molar-refractivity contribution is 9.09. The lowest BCUT2D eigenvalue weighted by atomic mass is 10.1. The van der Waals surface area contributed by atoms with Gasteiger partial charge in [-0.3, -0.25) is 4.79 Å². The van der Waals surface area contributed by atoms with E-state index in [2.05, 4.69) is 21.2 Å². The Bertz CT molecular complexity index is 345. The Morgan fingerprint density at radius 2 is 2.41 bits per heavy atom. The number of methoxy groups -OCH3 is 1. The van der Waals surface area contributed by atoms with Gasteiger partial charge in [-0.05, 0) is 12.5 Å². The Morgan fingerprint density at radius 1 is 1.65 bits per heavy atom. The van der Waals surface area contributed by atoms with Crippen molar-refractivity contribution >= 4 is 21.8 Å². The first kappa shape index (κ1) is 14.3. The summed E-state index contributed by atoms with van der Waals surface area (Å²) in [4.78, 5) is 12.0. The van der Waals surface area contributed by atoms with E-state index in [1.54, 1.807) is 19.4 Å². The Hall–Kier alpha value is -0.810. The zero-order valence-electron chi connectivity index (χ0n) is 10.2. The molecule has 1 rings (SSSR count). The Morgan fingerprint density at radius 3 is 3.00 bits per heavy atom. The molecule has 0 radical (unpaired) electrons. The Kier molecular flexibility index (Phi) is 6.29. The number of furan rings is 1. The molecule has 1 N–H and O–H groups in total. The van der Waals surface area contributed by atoms with E-state index in [4.69, 9.17) is 9.15 Å². The van der Waals surface area contributed by atoms with Gasteiger partial charge in [0.15, 0.2) is 0 Å². The van der Waals surface area contributed by atoms with Gasteiger partial charge in [0.05, 0.1) is 24.5 Å². The van der Waals surface area contributed by atoms with Crippen molar-refractivity contribution in [1.82, 2.24) is 5.32 Å². The van der Waals surface area contributed by atoms with Crippen LogP contribution in [0.2, 0.25) is 0 Å². The van der Waals surface area contributed by atoms with Crippen LogP contribution in [-0.2, 0) is 11.2 Å². The summed E-state index contributed by atoms with van der Waals surface area (Å²) >= 11 is 3.36. The largest absolute Gasteiger partial charge is 0.469 e. The third-order valence-corrected chi connectivity index (χ3v) is 2.93. The molecule has 5 heteroatoms. The number of carbonyl (C=O) groups excluding carboxylic acids is 1. The number of aryl methyl sites for hydroxylation is 1. The van der Waals surface area contributed by atoms with E-state index in [0.717, 1.165) is 17.5 Å². The number of ether oxygens (including phenoxy) is 1. The quantitative estimate of drug-likeness (QED) is 0.787. The van der Waals surface area contributed by atoms with Crippen LogP contribution in [0.4, 0.5) is 0 Å². The van der Waals surface area contributed by atoms with Crippen molar-refractivity contribution in [3.8, 4) is 0 Å². The van der Waals surface area contributed by atoms with Gasteiger partial charge in [-0.2, -0.15) is 0 Å². The van der Waals surface area contributed by atoms with E-state index in [1.807, 2.05) is 6.92 Å². The molecule has 0 saturated heterocycles. The standard InChI is InChI=1S/C12H18BrNO3/c1-3-11-10(5-7-17-11)12(15)14-9(4-6-13)8-16-2/h5,7,9H,3-4,6,8H2,1-2H3,(H,14,15). The van der Waals surface area contributed by atoms with Crippen molar-refractivity contribution < 1.29 is 13.9 Å². The second-order valence-corrected chi connectivity index (χ2v) is 4.51. The SMILES string of the molecule is CCc1occc1C(=O)NC(CCBr)COC. The minimum absolute atomic E-state index is 0.0199. The summed E-state index contributed by atoms with van der Waals surface area (Å²) in [5.74, 6) is 0.621. The van der Waals surface area contributed by atoms with Gasteiger partial charge in [0.1, 0.15) is 5.76 Å². The Labute approximate surface area is 110 Å². The highest BCUT2D eigenvalue weighted by Gasteiger charge is 2.17. The monoisotopic (exact) mass is 303 g/mol. The van der Waals surface area contributed by atoms with E-state index in [0.29, 0.717) is 18.6 Å². The molecule has 0 saturated carbocycles. The van der Waals surface area contributed by atoms with Crippen molar-refractivity contribution in [1.29, 1.82) is 0 Å². The fourth-order valence-corrected chi connectivity index (χ4v) is 2.16. The summed E-state index contributed by atoms with van der Waals surface area (Å²) in [6, 6.07) is 1.72. The lowest BCUT2D eigenvalue weighted by molar-refractivity contribution is 0.0893. The molecule has 0 aliphatic carbocycles. The summed E-state index contributed by atoms with van der Waals surface area (Å²) in [5.41, 5.74) is 0.614. The summed E-state index contributed by atoms with van der Waals surface area (Å²) in [5, 5.41) is 3.77. The van der Waals surface area contributed by atoms with Gasteiger partial charge < -0.3 is 14.5 Å². The van der Waals surface area contributed by atoms with Gasteiger partial charge >= 0.3 is 0 Å². The Balaban J connectivity index is 2.63. The smallest absolute Gasteiger partial charge is 0.255 e. The summed E-state index contributed by atoms with van der Waals surface area (Å²) in [7, 11) is 1.63. The zero-order valence-corrected chi connectivity index (χ0v) is 11.7. The van der Waals surface area contributed by atoms with Crippen LogP contribution in [0.1, 0.15) is 29.5 Å². The molecule has 17 heavy (non-hydrogen) atoms. The van der Waals surface area contributed by atoms with Crippen LogP contribution in [0.5, 0.6) is 0 Å². The number of hydrogen-bond donors (Lipinski definition) is 1. The molecule has 1 amide bonds. The minimum atomic E-state index is -0.0985. The molecule has 1 atom stereocenters. The fourth-order valence-electron chi connectivity index (χ4n) is 1.61. The van der Waals surface area contributed by atoms with Crippen molar-refractivity contribution in [2.24, 2.45) is 0 Å². The van der Waals surface area contributed by atoms with Crippen LogP contribution < -0.4 is 5.32 Å². The van der Waals surface area contributed by atoms with Crippen molar-refractivity contribution in [2.75, 3.05) is 19.0 Å². The molecular formula is C12H18BrNO3. The molecule has 96 valence electrons. The summed E-state index contributed by atoms with van der Waals surface area (Å²) < 4.78 is 10.3. The third-order valence-electron chi connectivity index (χ3n) is 2.47. The van der Waals surface area contributed by atoms with Gasteiger partial charge in [0, 0.05) is 18.9 Å². The maximum atomic E-state index is 12.0. The summed E-state index contributed by atoms with van der Waals surface area (Å²) in [6.07, 6.45) is 3.09. The van der Waals surface area contributed by atoms with Crippen molar-refractivity contribution in [3.05, 3.63) is 23.7 Å². The zero-order chi connectivity index (χ0) is 12.7. The minimum Gasteiger partial charge on any atom is -0.469 e. The number of carbonyl (C=O) groups is 1. The molecule has 0 aromatic carbocycles. The van der Waals surface area contributed by atoms with Crippen molar-refractivity contribution in [2.45, 2.75) is 25.8 Å². The lowest BCUT2D eigenvalue weighted by Gasteiger charge is -2.16. The van der Waals surface area contributed by atoms with Crippen molar-refractivity contribution in [3.63, 3.8) is 0 Å². The maximum Gasteiger partial charge on any atom is 0.255 e. The molecule has 1 heterocycles. The highest BCUT2D eigenvalue weighted by atomic mass is 79.9.